The molecule has 128 valence electrons. The van der Waals surface area contributed by atoms with E-state index in [2.05, 4.69) is 16.3 Å². The molecule has 0 radical (unpaired) electrons. The molecule has 1 aromatic carbocycles. The second-order valence-electron chi connectivity index (χ2n) is 5.64. The van der Waals surface area contributed by atoms with Crippen molar-refractivity contribution in [2.75, 3.05) is 32.0 Å². The Kier molecular flexibility index (Phi) is 8.06. The molecule has 4 nitrogen and oxygen atoms in total. The SMILES string of the molecule is CCOC(=O)NC1CCCN(CCCSc2ccccc2Cl)C1. The van der Waals surface area contributed by atoms with Crippen LogP contribution in [0.1, 0.15) is 26.2 Å². The van der Waals surface area contributed by atoms with E-state index in [0.717, 1.165) is 54.6 Å². The summed E-state index contributed by atoms with van der Waals surface area (Å²) in [6.45, 7) is 5.32. The third-order valence-corrected chi connectivity index (χ3v) is 5.42. The monoisotopic (exact) mass is 356 g/mol. The fourth-order valence-corrected chi connectivity index (χ4v) is 3.92. The fourth-order valence-electron chi connectivity index (χ4n) is 2.75. The molecule has 0 saturated carbocycles. The molecule has 0 aromatic heterocycles. The molecular formula is C17H25ClN2O2S. The predicted molar refractivity (Wildman–Crippen MR) is 96.4 cm³/mol. The van der Waals surface area contributed by atoms with Gasteiger partial charge >= 0.3 is 6.09 Å². The average Bonchev–Trinajstić information content (AvgIpc) is 2.54. The Labute approximate surface area is 147 Å². The van der Waals surface area contributed by atoms with Gasteiger partial charge in [0.15, 0.2) is 0 Å². The third-order valence-electron chi connectivity index (χ3n) is 3.82. The van der Waals surface area contributed by atoms with Crippen LogP contribution in [0.2, 0.25) is 5.02 Å². The summed E-state index contributed by atoms with van der Waals surface area (Å²) in [5, 5.41) is 3.78. The minimum Gasteiger partial charge on any atom is -0.450 e. The van der Waals surface area contributed by atoms with Gasteiger partial charge in [-0.3, -0.25) is 0 Å². The maximum atomic E-state index is 11.5. The highest BCUT2D eigenvalue weighted by atomic mass is 35.5. The summed E-state index contributed by atoms with van der Waals surface area (Å²) in [6, 6.07) is 8.17. The van der Waals surface area contributed by atoms with Crippen molar-refractivity contribution < 1.29 is 9.53 Å². The normalized spacial score (nSPS) is 18.6. The van der Waals surface area contributed by atoms with Gasteiger partial charge in [0.05, 0.1) is 11.6 Å². The summed E-state index contributed by atoms with van der Waals surface area (Å²) in [5.74, 6) is 1.05. The number of carbonyl (C=O) groups is 1. The number of halogens is 1. The van der Waals surface area contributed by atoms with Crippen molar-refractivity contribution >= 4 is 29.5 Å². The van der Waals surface area contributed by atoms with Crippen molar-refractivity contribution in [3.05, 3.63) is 29.3 Å². The quantitative estimate of drug-likeness (QED) is 0.591. The third kappa shape index (κ3) is 6.61. The van der Waals surface area contributed by atoms with Crippen molar-refractivity contribution in [2.45, 2.75) is 37.1 Å². The highest BCUT2D eigenvalue weighted by Crippen LogP contribution is 2.27. The smallest absolute Gasteiger partial charge is 0.407 e. The highest BCUT2D eigenvalue weighted by molar-refractivity contribution is 7.99. The molecule has 0 bridgehead atoms. The Bertz CT molecular complexity index is 501. The summed E-state index contributed by atoms with van der Waals surface area (Å²) in [4.78, 5) is 15.1. The van der Waals surface area contributed by atoms with E-state index in [1.807, 2.05) is 25.1 Å². The number of thioether (sulfide) groups is 1. The van der Waals surface area contributed by atoms with Gasteiger partial charge in [0.1, 0.15) is 0 Å². The standard InChI is InChI=1S/C17H25ClN2O2S/c1-2-22-17(21)19-14-7-5-10-20(13-14)11-6-12-23-16-9-4-3-8-15(16)18/h3-4,8-9,14H,2,5-7,10-13H2,1H3,(H,19,21). The van der Waals surface area contributed by atoms with Gasteiger partial charge in [-0.05, 0) is 57.2 Å². The number of rotatable bonds is 7. The number of nitrogens with one attached hydrogen (secondary N) is 1. The molecule has 6 heteroatoms. The fraction of sp³-hybridized carbons (Fsp3) is 0.588. The lowest BCUT2D eigenvalue weighted by atomic mass is 10.1. The van der Waals surface area contributed by atoms with Crippen LogP contribution < -0.4 is 5.32 Å². The Balaban J connectivity index is 1.65. The first-order valence-corrected chi connectivity index (χ1v) is 9.58. The van der Waals surface area contributed by atoms with Gasteiger partial charge in [-0.15, -0.1) is 11.8 Å². The van der Waals surface area contributed by atoms with E-state index in [1.54, 1.807) is 11.8 Å². The Hall–Kier alpha value is -0.910. The van der Waals surface area contributed by atoms with Crippen LogP contribution >= 0.6 is 23.4 Å². The van der Waals surface area contributed by atoms with Gasteiger partial charge in [0.25, 0.3) is 0 Å². The van der Waals surface area contributed by atoms with Crippen LogP contribution in [0.4, 0.5) is 4.79 Å². The van der Waals surface area contributed by atoms with Gasteiger partial charge in [0, 0.05) is 17.5 Å². The molecule has 0 spiro atoms. The molecule has 1 aliphatic rings. The summed E-state index contributed by atoms with van der Waals surface area (Å²) >= 11 is 7.97. The van der Waals surface area contributed by atoms with E-state index in [1.165, 1.54) is 0 Å². The van der Waals surface area contributed by atoms with E-state index >= 15 is 0 Å². The number of carbonyl (C=O) groups excluding carboxylic acids is 1. The van der Waals surface area contributed by atoms with Crippen molar-refractivity contribution in [3.63, 3.8) is 0 Å². The lowest BCUT2D eigenvalue weighted by Gasteiger charge is -2.32. The minimum absolute atomic E-state index is 0.207. The summed E-state index contributed by atoms with van der Waals surface area (Å²) < 4.78 is 4.95. The molecule has 1 heterocycles. The van der Waals surface area contributed by atoms with Crippen LogP contribution in [0.15, 0.2) is 29.2 Å². The van der Waals surface area contributed by atoms with Crippen molar-refractivity contribution in [2.24, 2.45) is 0 Å². The van der Waals surface area contributed by atoms with Gasteiger partial charge in [-0.1, -0.05) is 23.7 Å². The van der Waals surface area contributed by atoms with E-state index in [9.17, 15) is 4.79 Å². The number of piperidine rings is 1. The van der Waals surface area contributed by atoms with Crippen molar-refractivity contribution in [1.82, 2.24) is 10.2 Å². The number of likely N-dealkylation sites (tertiary alicyclic amines) is 1. The minimum atomic E-state index is -0.298. The average molecular weight is 357 g/mol. The van der Waals surface area contributed by atoms with Gasteiger partial charge in [-0.2, -0.15) is 0 Å². The summed E-state index contributed by atoms with van der Waals surface area (Å²) in [7, 11) is 0. The lowest BCUT2D eigenvalue weighted by molar-refractivity contribution is 0.134. The second-order valence-corrected chi connectivity index (χ2v) is 7.18. The molecule has 1 fully saturated rings. The van der Waals surface area contributed by atoms with E-state index < -0.39 is 0 Å². The zero-order chi connectivity index (χ0) is 16.5. The van der Waals surface area contributed by atoms with Gasteiger partial charge in [-0.25, -0.2) is 4.79 Å². The van der Waals surface area contributed by atoms with Crippen LogP contribution in [-0.2, 0) is 4.74 Å². The van der Waals surface area contributed by atoms with Crippen LogP contribution in [0.25, 0.3) is 0 Å². The Morgan fingerprint density at radius 2 is 2.30 bits per heavy atom. The molecule has 1 amide bonds. The molecule has 1 N–H and O–H groups in total. The van der Waals surface area contributed by atoms with Crippen LogP contribution in [0.5, 0.6) is 0 Å². The molecule has 2 rings (SSSR count). The molecule has 0 aliphatic carbocycles. The topological polar surface area (TPSA) is 41.6 Å². The highest BCUT2D eigenvalue weighted by Gasteiger charge is 2.21. The molecule has 1 aliphatic heterocycles. The number of nitrogens with zero attached hydrogens (tertiary/aromatic N) is 1. The van der Waals surface area contributed by atoms with Gasteiger partial charge < -0.3 is 15.0 Å². The molecular weight excluding hydrogens is 332 g/mol. The summed E-state index contributed by atoms with van der Waals surface area (Å²) in [5.41, 5.74) is 0. The van der Waals surface area contributed by atoms with Crippen LogP contribution in [0.3, 0.4) is 0 Å². The molecule has 1 saturated heterocycles. The number of amides is 1. The van der Waals surface area contributed by atoms with Gasteiger partial charge in [0.2, 0.25) is 0 Å². The first-order chi connectivity index (χ1) is 11.2. The maximum absolute atomic E-state index is 11.5. The molecule has 1 atom stereocenters. The number of hydrogen-bond donors (Lipinski definition) is 1. The zero-order valence-electron chi connectivity index (χ0n) is 13.6. The first kappa shape index (κ1) is 18.4. The Morgan fingerprint density at radius 1 is 1.48 bits per heavy atom. The first-order valence-electron chi connectivity index (χ1n) is 8.22. The zero-order valence-corrected chi connectivity index (χ0v) is 15.2. The maximum Gasteiger partial charge on any atom is 0.407 e. The number of ether oxygens (including phenoxy) is 1. The molecule has 1 unspecified atom stereocenters. The number of benzene rings is 1. The van der Waals surface area contributed by atoms with E-state index in [0.29, 0.717) is 6.61 Å². The van der Waals surface area contributed by atoms with Crippen molar-refractivity contribution in [1.29, 1.82) is 0 Å². The lowest BCUT2D eigenvalue weighted by Crippen LogP contribution is -2.48. The summed E-state index contributed by atoms with van der Waals surface area (Å²) in [6.07, 6.45) is 2.97. The van der Waals surface area contributed by atoms with Crippen molar-refractivity contribution in [3.8, 4) is 0 Å². The predicted octanol–water partition coefficient (Wildman–Crippen LogP) is 4.03. The number of alkyl carbamates (subject to hydrolysis) is 1. The largest absolute Gasteiger partial charge is 0.450 e. The number of hydrogen-bond acceptors (Lipinski definition) is 4. The molecule has 1 aromatic rings. The van der Waals surface area contributed by atoms with Crippen LogP contribution in [0, 0.1) is 0 Å². The van der Waals surface area contributed by atoms with E-state index in [-0.39, 0.29) is 12.1 Å². The molecule has 23 heavy (non-hydrogen) atoms. The Morgan fingerprint density at radius 3 is 3.09 bits per heavy atom. The second kappa shape index (κ2) is 10.1. The van der Waals surface area contributed by atoms with Crippen LogP contribution in [-0.4, -0.2) is 49.0 Å². The van der Waals surface area contributed by atoms with E-state index in [4.69, 9.17) is 16.3 Å².